The number of aryl methyl sites for hydroxylation is 1. The number of thiophene rings is 1. The van der Waals surface area contributed by atoms with Gasteiger partial charge in [-0.15, -0.1) is 11.3 Å². The van der Waals surface area contributed by atoms with Crippen LogP contribution in [0.5, 0.6) is 0 Å². The van der Waals surface area contributed by atoms with Gasteiger partial charge in [0.05, 0.1) is 22.4 Å². The van der Waals surface area contributed by atoms with Crippen molar-refractivity contribution in [2.75, 3.05) is 6.61 Å². The summed E-state index contributed by atoms with van der Waals surface area (Å²) in [6, 6.07) is 20.8. The van der Waals surface area contributed by atoms with Crippen LogP contribution in [0.1, 0.15) is 34.5 Å². The third-order valence-electron chi connectivity index (χ3n) is 5.53. The summed E-state index contributed by atoms with van der Waals surface area (Å²) in [5, 5.41) is 1.95. The average Bonchev–Trinajstić information content (AvgIpc) is 3.47. The maximum Gasteiger partial charge on any atom is 0.338 e. The number of ether oxygens (including phenoxy) is 1. The molecule has 170 valence electrons. The second-order valence-corrected chi connectivity index (χ2v) is 9.85. The van der Waals surface area contributed by atoms with Crippen molar-refractivity contribution in [2.24, 2.45) is 4.99 Å². The van der Waals surface area contributed by atoms with Crippen LogP contribution in [-0.2, 0) is 9.53 Å². The molecule has 0 saturated carbocycles. The zero-order valence-corrected chi connectivity index (χ0v) is 20.4. The summed E-state index contributed by atoms with van der Waals surface area (Å²) in [6.45, 7) is 4.03. The highest BCUT2D eigenvalue weighted by Crippen LogP contribution is 2.36. The van der Waals surface area contributed by atoms with Crippen LogP contribution in [-0.4, -0.2) is 17.1 Å². The molecule has 34 heavy (non-hydrogen) atoms. The van der Waals surface area contributed by atoms with E-state index < -0.39 is 12.0 Å². The standard InChI is InChI=1S/C27H22N2O3S2/c1-3-32-26(31)22-23(19-11-5-4-6-12-19)28-27-29(24(22)20-13-8-14-33-20)25(30)21(34-27)16-18-10-7-9-17(2)15-18/h4-16,24H,3H2,1-2H3/b21-16+/t24-/m1/s1. The minimum absolute atomic E-state index is 0.169. The molecule has 4 aromatic rings. The van der Waals surface area contributed by atoms with Crippen LogP contribution >= 0.6 is 22.7 Å². The molecule has 0 spiro atoms. The van der Waals surface area contributed by atoms with E-state index in [9.17, 15) is 9.59 Å². The topological polar surface area (TPSA) is 60.7 Å². The third kappa shape index (κ3) is 4.08. The van der Waals surface area contributed by atoms with E-state index in [0.717, 1.165) is 21.6 Å². The summed E-state index contributed by atoms with van der Waals surface area (Å²) in [7, 11) is 0. The Bertz CT molecular complexity index is 1560. The molecule has 1 atom stereocenters. The van der Waals surface area contributed by atoms with E-state index in [1.165, 1.54) is 22.7 Å². The van der Waals surface area contributed by atoms with E-state index in [-0.39, 0.29) is 12.2 Å². The van der Waals surface area contributed by atoms with Gasteiger partial charge in [-0.25, -0.2) is 9.79 Å². The second-order valence-electron chi connectivity index (χ2n) is 7.86. The van der Waals surface area contributed by atoms with Gasteiger partial charge in [-0.05, 0) is 36.9 Å². The lowest BCUT2D eigenvalue weighted by atomic mass is 9.97. The van der Waals surface area contributed by atoms with E-state index >= 15 is 0 Å². The van der Waals surface area contributed by atoms with Gasteiger partial charge < -0.3 is 4.74 Å². The summed E-state index contributed by atoms with van der Waals surface area (Å²) >= 11 is 2.84. The number of hydrogen-bond donors (Lipinski definition) is 0. The lowest BCUT2D eigenvalue weighted by Crippen LogP contribution is -2.39. The van der Waals surface area contributed by atoms with Gasteiger partial charge in [-0.3, -0.25) is 9.36 Å². The quantitative estimate of drug-likeness (QED) is 0.395. The summed E-state index contributed by atoms with van der Waals surface area (Å²) < 4.78 is 7.67. The van der Waals surface area contributed by atoms with Gasteiger partial charge in [-0.1, -0.05) is 77.6 Å². The molecule has 0 bridgehead atoms. The van der Waals surface area contributed by atoms with E-state index in [2.05, 4.69) is 0 Å². The van der Waals surface area contributed by atoms with E-state index in [1.807, 2.05) is 85.1 Å². The van der Waals surface area contributed by atoms with Crippen molar-refractivity contribution in [3.8, 4) is 0 Å². The Morgan fingerprint density at radius 2 is 1.94 bits per heavy atom. The zero-order chi connectivity index (χ0) is 23.7. The van der Waals surface area contributed by atoms with Crippen LogP contribution in [0.25, 0.3) is 11.8 Å². The highest BCUT2D eigenvalue weighted by atomic mass is 32.1. The second kappa shape index (κ2) is 9.37. The Kier molecular flexibility index (Phi) is 6.13. The Morgan fingerprint density at radius 3 is 2.65 bits per heavy atom. The molecule has 1 aliphatic rings. The molecular weight excluding hydrogens is 464 g/mol. The van der Waals surface area contributed by atoms with Crippen LogP contribution in [0.4, 0.5) is 0 Å². The number of carbonyl (C=O) groups excluding carboxylic acids is 1. The molecule has 5 nitrogen and oxygen atoms in total. The van der Waals surface area contributed by atoms with E-state index in [4.69, 9.17) is 9.73 Å². The number of aromatic nitrogens is 1. The third-order valence-corrected chi connectivity index (χ3v) is 7.43. The number of nitrogens with zero attached hydrogens (tertiary/aromatic N) is 2. The first-order chi connectivity index (χ1) is 16.6. The number of fused-ring (bicyclic) bond motifs is 1. The maximum absolute atomic E-state index is 13.7. The van der Waals surface area contributed by atoms with Crippen molar-refractivity contribution in [2.45, 2.75) is 19.9 Å². The van der Waals surface area contributed by atoms with Crippen molar-refractivity contribution in [3.63, 3.8) is 0 Å². The molecule has 7 heteroatoms. The number of rotatable bonds is 5. The van der Waals surface area contributed by atoms with Crippen LogP contribution < -0.4 is 14.9 Å². The Labute approximate surface area is 204 Å². The fraction of sp³-hybridized carbons (Fsp3) is 0.148. The molecule has 5 rings (SSSR count). The van der Waals surface area contributed by atoms with Crippen LogP contribution in [0.15, 0.2) is 87.5 Å². The average molecular weight is 487 g/mol. The highest BCUT2D eigenvalue weighted by molar-refractivity contribution is 7.10. The molecule has 3 heterocycles. The molecule has 0 radical (unpaired) electrons. The van der Waals surface area contributed by atoms with Gasteiger partial charge in [0.25, 0.3) is 5.56 Å². The summed E-state index contributed by atoms with van der Waals surface area (Å²) in [5.41, 5.74) is 3.63. The molecule has 1 aliphatic heterocycles. The van der Waals surface area contributed by atoms with Gasteiger partial charge in [0.2, 0.25) is 0 Å². The van der Waals surface area contributed by atoms with Gasteiger partial charge in [-0.2, -0.15) is 0 Å². The maximum atomic E-state index is 13.7. The number of esters is 1. The highest BCUT2D eigenvalue weighted by Gasteiger charge is 2.35. The van der Waals surface area contributed by atoms with Crippen LogP contribution in [0, 0.1) is 6.92 Å². The van der Waals surface area contributed by atoms with Gasteiger partial charge in [0.15, 0.2) is 4.80 Å². The van der Waals surface area contributed by atoms with Gasteiger partial charge in [0.1, 0.15) is 6.04 Å². The molecule has 0 aliphatic carbocycles. The lowest BCUT2D eigenvalue weighted by molar-refractivity contribution is -0.138. The SMILES string of the molecule is CCOC(=O)C1=C(c2ccccc2)N=c2s/c(=C/c3cccc(C)c3)c(=O)n2[C@@H]1c1cccs1. The minimum Gasteiger partial charge on any atom is -0.463 e. The normalized spacial score (nSPS) is 15.7. The minimum atomic E-state index is -0.606. The number of hydrogen-bond acceptors (Lipinski definition) is 6. The number of carbonyl (C=O) groups is 1. The molecular formula is C27H22N2O3S2. The molecule has 0 N–H and O–H groups in total. The first kappa shape index (κ1) is 22.3. The van der Waals surface area contributed by atoms with Crippen molar-refractivity contribution in [3.05, 3.63) is 119 Å². The summed E-state index contributed by atoms with van der Waals surface area (Å²) in [4.78, 5) is 33.3. The van der Waals surface area contributed by atoms with Gasteiger partial charge >= 0.3 is 5.97 Å². The molecule has 0 amide bonds. The van der Waals surface area contributed by atoms with Crippen molar-refractivity contribution >= 4 is 40.4 Å². The van der Waals surface area contributed by atoms with Gasteiger partial charge in [0, 0.05) is 10.4 Å². The zero-order valence-electron chi connectivity index (χ0n) is 18.7. The Balaban J connectivity index is 1.82. The predicted molar refractivity (Wildman–Crippen MR) is 137 cm³/mol. The molecule has 2 aromatic carbocycles. The molecule has 0 saturated heterocycles. The Hall–Kier alpha value is -3.55. The molecule has 0 fully saturated rings. The first-order valence-corrected chi connectivity index (χ1v) is 12.6. The predicted octanol–water partition coefficient (Wildman–Crippen LogP) is 4.31. The van der Waals surface area contributed by atoms with Crippen LogP contribution in [0.2, 0.25) is 0 Å². The van der Waals surface area contributed by atoms with E-state index in [0.29, 0.717) is 20.6 Å². The fourth-order valence-electron chi connectivity index (χ4n) is 4.07. The fourth-order valence-corrected chi connectivity index (χ4v) is 5.89. The van der Waals surface area contributed by atoms with Crippen LogP contribution in [0.3, 0.4) is 0 Å². The van der Waals surface area contributed by atoms with Crippen molar-refractivity contribution < 1.29 is 9.53 Å². The monoisotopic (exact) mass is 486 g/mol. The molecule has 2 aromatic heterocycles. The Morgan fingerprint density at radius 1 is 1.12 bits per heavy atom. The largest absolute Gasteiger partial charge is 0.463 e. The number of benzene rings is 2. The lowest BCUT2D eigenvalue weighted by Gasteiger charge is -2.24. The smallest absolute Gasteiger partial charge is 0.338 e. The first-order valence-electron chi connectivity index (χ1n) is 11.0. The van der Waals surface area contributed by atoms with Crippen molar-refractivity contribution in [1.29, 1.82) is 0 Å². The summed E-state index contributed by atoms with van der Waals surface area (Å²) in [5.74, 6) is -0.462. The van der Waals surface area contributed by atoms with Crippen molar-refractivity contribution in [1.82, 2.24) is 4.57 Å². The van der Waals surface area contributed by atoms with E-state index in [1.54, 1.807) is 11.5 Å². The summed E-state index contributed by atoms with van der Waals surface area (Å²) in [6.07, 6.45) is 1.89. The number of thiazole rings is 1. The molecule has 0 unspecified atom stereocenters.